The first-order valence-corrected chi connectivity index (χ1v) is 6.59. The number of aryl methyl sites for hydroxylation is 1. The zero-order valence-corrected chi connectivity index (χ0v) is 11.2. The monoisotopic (exact) mass is 265 g/mol. The van der Waals surface area contributed by atoms with Crippen molar-refractivity contribution in [3.63, 3.8) is 0 Å². The highest BCUT2D eigenvalue weighted by Gasteiger charge is 2.06. The zero-order chi connectivity index (χ0) is 13.9. The number of nitrogens with one attached hydrogen (secondary N) is 1. The van der Waals surface area contributed by atoms with Crippen molar-refractivity contribution >= 4 is 0 Å². The van der Waals surface area contributed by atoms with E-state index in [4.69, 9.17) is 0 Å². The Labute approximate surface area is 116 Å². The largest absolute Gasteiger partial charge is 0.290 e. The normalized spacial score (nSPS) is 10.7. The van der Waals surface area contributed by atoms with E-state index in [1.54, 1.807) is 23.1 Å². The third kappa shape index (κ3) is 2.28. The van der Waals surface area contributed by atoms with Crippen molar-refractivity contribution in [2.75, 3.05) is 0 Å². The molecule has 2 aromatic heterocycles. The Morgan fingerprint density at radius 3 is 2.65 bits per heavy atom. The molecule has 1 N–H and O–H groups in total. The lowest BCUT2D eigenvalue weighted by atomic mass is 10.1. The molecule has 3 rings (SSSR count). The van der Waals surface area contributed by atoms with E-state index in [0.29, 0.717) is 0 Å². The predicted octanol–water partition coefficient (Wildman–Crippen LogP) is 2.79. The molecular weight excluding hydrogens is 250 g/mol. The molecule has 0 radical (unpaired) electrons. The molecule has 2 heterocycles. The van der Waals surface area contributed by atoms with E-state index in [9.17, 15) is 4.79 Å². The number of pyridine rings is 1. The van der Waals surface area contributed by atoms with Gasteiger partial charge in [0.25, 0.3) is 5.56 Å². The van der Waals surface area contributed by atoms with E-state index >= 15 is 0 Å². The van der Waals surface area contributed by atoms with Gasteiger partial charge in [-0.15, -0.1) is 0 Å². The summed E-state index contributed by atoms with van der Waals surface area (Å²) in [5, 5.41) is 3.12. The minimum absolute atomic E-state index is 0.0758. The van der Waals surface area contributed by atoms with Crippen LogP contribution in [0.4, 0.5) is 0 Å². The van der Waals surface area contributed by atoms with Gasteiger partial charge in [-0.1, -0.05) is 19.1 Å². The fraction of sp³-hybridized carbons (Fsp3) is 0.125. The molecule has 4 heteroatoms. The highest BCUT2D eigenvalue weighted by Crippen LogP contribution is 2.15. The molecule has 100 valence electrons. The van der Waals surface area contributed by atoms with Crippen LogP contribution in [0.2, 0.25) is 0 Å². The van der Waals surface area contributed by atoms with Crippen molar-refractivity contribution in [3.8, 4) is 16.9 Å². The summed E-state index contributed by atoms with van der Waals surface area (Å²) in [6, 6.07) is 13.3. The number of aromatic amines is 1. The molecule has 3 aromatic rings. The van der Waals surface area contributed by atoms with Gasteiger partial charge in [-0.2, -0.15) is 0 Å². The average Bonchev–Trinajstić information content (AvgIpc) is 2.90. The number of nitrogens with zero attached hydrogens (tertiary/aromatic N) is 2. The highest BCUT2D eigenvalue weighted by molar-refractivity contribution is 5.57. The van der Waals surface area contributed by atoms with Crippen molar-refractivity contribution in [1.29, 1.82) is 0 Å². The van der Waals surface area contributed by atoms with Gasteiger partial charge in [-0.3, -0.25) is 14.9 Å². The van der Waals surface area contributed by atoms with Crippen molar-refractivity contribution in [3.05, 3.63) is 70.8 Å². The number of H-pyrrole nitrogens is 1. The summed E-state index contributed by atoms with van der Waals surface area (Å²) in [6.07, 6.45) is 4.43. The van der Waals surface area contributed by atoms with E-state index in [1.165, 1.54) is 5.56 Å². The van der Waals surface area contributed by atoms with Gasteiger partial charge in [0, 0.05) is 24.0 Å². The van der Waals surface area contributed by atoms with E-state index < -0.39 is 0 Å². The van der Waals surface area contributed by atoms with Crippen molar-refractivity contribution in [1.82, 2.24) is 14.8 Å². The number of aromatic nitrogens is 3. The second-order valence-electron chi connectivity index (χ2n) is 4.61. The Kier molecular flexibility index (Phi) is 3.21. The van der Waals surface area contributed by atoms with Crippen LogP contribution >= 0.6 is 0 Å². The fourth-order valence-corrected chi connectivity index (χ4v) is 2.14. The van der Waals surface area contributed by atoms with Crippen LogP contribution < -0.4 is 5.56 Å². The van der Waals surface area contributed by atoms with Gasteiger partial charge in [0.15, 0.2) is 0 Å². The Hall–Kier alpha value is -2.62. The fourth-order valence-electron chi connectivity index (χ4n) is 2.14. The van der Waals surface area contributed by atoms with E-state index in [-0.39, 0.29) is 5.56 Å². The highest BCUT2D eigenvalue weighted by atomic mass is 16.1. The second kappa shape index (κ2) is 5.17. The lowest BCUT2D eigenvalue weighted by Crippen LogP contribution is -2.13. The minimum Gasteiger partial charge on any atom is -0.290 e. The van der Waals surface area contributed by atoms with Crippen LogP contribution in [0.1, 0.15) is 12.5 Å². The topological polar surface area (TPSA) is 50.7 Å². The van der Waals surface area contributed by atoms with Crippen molar-refractivity contribution in [2.24, 2.45) is 0 Å². The maximum Gasteiger partial charge on any atom is 0.271 e. The Balaban J connectivity index is 2.02. The zero-order valence-electron chi connectivity index (χ0n) is 11.2. The lowest BCUT2D eigenvalue weighted by molar-refractivity contribution is 0.851. The van der Waals surface area contributed by atoms with Gasteiger partial charge in [-0.05, 0) is 36.2 Å². The summed E-state index contributed by atoms with van der Waals surface area (Å²) in [4.78, 5) is 16.1. The number of hydrogen-bond acceptors (Lipinski definition) is 2. The summed E-state index contributed by atoms with van der Waals surface area (Å²) in [5.74, 6) is 0. The average molecular weight is 265 g/mol. The van der Waals surface area contributed by atoms with E-state index in [0.717, 1.165) is 23.4 Å². The molecule has 20 heavy (non-hydrogen) atoms. The van der Waals surface area contributed by atoms with E-state index in [1.807, 2.05) is 36.4 Å². The molecule has 0 atom stereocenters. The summed E-state index contributed by atoms with van der Waals surface area (Å²) in [7, 11) is 0. The first kappa shape index (κ1) is 12.4. The molecule has 0 amide bonds. The Bertz CT molecular complexity index is 754. The van der Waals surface area contributed by atoms with Crippen molar-refractivity contribution < 1.29 is 0 Å². The van der Waals surface area contributed by atoms with Gasteiger partial charge >= 0.3 is 0 Å². The molecule has 0 aliphatic heterocycles. The minimum atomic E-state index is -0.0758. The first-order valence-electron chi connectivity index (χ1n) is 6.59. The first-order chi connectivity index (χ1) is 9.78. The molecule has 0 fully saturated rings. The Morgan fingerprint density at radius 2 is 2.00 bits per heavy atom. The van der Waals surface area contributed by atoms with Crippen LogP contribution in [0.15, 0.2) is 59.7 Å². The molecule has 0 aliphatic carbocycles. The predicted molar refractivity (Wildman–Crippen MR) is 79.0 cm³/mol. The second-order valence-corrected chi connectivity index (χ2v) is 4.61. The van der Waals surface area contributed by atoms with Gasteiger partial charge < -0.3 is 0 Å². The van der Waals surface area contributed by atoms with E-state index in [2.05, 4.69) is 17.0 Å². The summed E-state index contributed by atoms with van der Waals surface area (Å²) in [6.45, 7) is 2.11. The molecule has 0 unspecified atom stereocenters. The van der Waals surface area contributed by atoms with Gasteiger partial charge in [0.2, 0.25) is 0 Å². The van der Waals surface area contributed by atoms with Gasteiger partial charge in [-0.25, -0.2) is 4.68 Å². The molecule has 0 saturated heterocycles. The molecule has 4 nitrogen and oxygen atoms in total. The number of rotatable bonds is 3. The SMILES string of the molecule is CCc1ccc(-n2[nH]c(-c3cccnc3)cc2=O)cc1. The molecule has 0 bridgehead atoms. The maximum absolute atomic E-state index is 12.1. The van der Waals surface area contributed by atoms with Crippen LogP contribution in [-0.4, -0.2) is 14.8 Å². The van der Waals surface area contributed by atoms with Gasteiger partial charge in [0.1, 0.15) is 0 Å². The Morgan fingerprint density at radius 1 is 1.20 bits per heavy atom. The molecular formula is C16H15N3O. The van der Waals surface area contributed by atoms with Crippen molar-refractivity contribution in [2.45, 2.75) is 13.3 Å². The summed E-state index contributed by atoms with van der Waals surface area (Å²) >= 11 is 0. The summed E-state index contributed by atoms with van der Waals surface area (Å²) < 4.78 is 1.54. The quantitative estimate of drug-likeness (QED) is 0.791. The van der Waals surface area contributed by atoms with Crippen LogP contribution in [0.5, 0.6) is 0 Å². The smallest absolute Gasteiger partial charge is 0.271 e. The number of benzene rings is 1. The number of hydrogen-bond donors (Lipinski definition) is 1. The molecule has 1 aromatic carbocycles. The summed E-state index contributed by atoms with van der Waals surface area (Å²) in [5.41, 5.74) is 3.67. The van der Waals surface area contributed by atoms with Crippen LogP contribution in [0.25, 0.3) is 16.9 Å². The molecule has 0 aliphatic rings. The van der Waals surface area contributed by atoms with Crippen LogP contribution in [-0.2, 0) is 6.42 Å². The van der Waals surface area contributed by atoms with Crippen LogP contribution in [0, 0.1) is 0 Å². The van der Waals surface area contributed by atoms with Gasteiger partial charge in [0.05, 0.1) is 11.4 Å². The molecule has 0 saturated carbocycles. The molecule has 0 spiro atoms. The lowest BCUT2D eigenvalue weighted by Gasteiger charge is -2.03. The maximum atomic E-state index is 12.1. The standard InChI is InChI=1S/C16H15N3O/c1-2-12-5-7-14(8-6-12)19-16(20)10-15(18-19)13-4-3-9-17-11-13/h3-11,18H,2H2,1H3. The third-order valence-corrected chi connectivity index (χ3v) is 3.30. The third-order valence-electron chi connectivity index (χ3n) is 3.30. The van der Waals surface area contributed by atoms with Crippen LogP contribution in [0.3, 0.4) is 0 Å².